The van der Waals surface area contributed by atoms with Crippen molar-refractivity contribution < 1.29 is 19.1 Å². The summed E-state index contributed by atoms with van der Waals surface area (Å²) in [4.78, 5) is 31.6. The lowest BCUT2D eigenvalue weighted by Crippen LogP contribution is -2.42. The van der Waals surface area contributed by atoms with Crippen molar-refractivity contribution in [3.63, 3.8) is 0 Å². The van der Waals surface area contributed by atoms with Crippen LogP contribution in [0.3, 0.4) is 0 Å². The first-order chi connectivity index (χ1) is 19.0. The van der Waals surface area contributed by atoms with Gasteiger partial charge in [0, 0.05) is 31.6 Å². The first-order valence-corrected chi connectivity index (χ1v) is 14.9. The van der Waals surface area contributed by atoms with Gasteiger partial charge in [-0.05, 0) is 73.4 Å². The van der Waals surface area contributed by atoms with E-state index in [2.05, 4.69) is 36.9 Å². The fourth-order valence-electron chi connectivity index (χ4n) is 6.31. The maximum Gasteiger partial charge on any atom is 0.311 e. The van der Waals surface area contributed by atoms with Gasteiger partial charge in [0.2, 0.25) is 5.91 Å². The van der Waals surface area contributed by atoms with Crippen LogP contribution in [0.2, 0.25) is 0 Å². The number of hydrogen-bond donors (Lipinski definition) is 0. The molecule has 3 atom stereocenters. The first kappa shape index (κ1) is 29.1. The highest BCUT2D eigenvalue weighted by Gasteiger charge is 2.48. The van der Waals surface area contributed by atoms with Crippen LogP contribution in [0, 0.1) is 5.92 Å². The lowest BCUT2D eigenvalue weighted by atomic mass is 9.82. The van der Waals surface area contributed by atoms with Gasteiger partial charge in [-0.25, -0.2) is 0 Å². The Morgan fingerprint density at radius 2 is 1.59 bits per heavy atom. The van der Waals surface area contributed by atoms with Crippen LogP contribution >= 0.6 is 0 Å². The number of carbonyl (C=O) groups excluding carboxylic acids is 2. The summed E-state index contributed by atoms with van der Waals surface area (Å²) in [5.41, 5.74) is 5.01. The van der Waals surface area contributed by atoms with Crippen molar-refractivity contribution in [2.24, 2.45) is 5.92 Å². The number of nitrogens with zero attached hydrogens (tertiary/aromatic N) is 2. The third-order valence-corrected chi connectivity index (χ3v) is 8.42. The van der Waals surface area contributed by atoms with E-state index in [1.807, 2.05) is 36.1 Å². The van der Waals surface area contributed by atoms with Crippen molar-refractivity contribution in [2.45, 2.75) is 77.7 Å². The second-order valence-corrected chi connectivity index (χ2v) is 11.0. The first-order valence-electron chi connectivity index (χ1n) is 14.9. The van der Waals surface area contributed by atoms with Crippen molar-refractivity contribution in [2.75, 3.05) is 39.9 Å². The SMILES string of the molecule is CCCCN(CCCC)C(=O)CN1C[C@H](c2ccc3c(c2)CCC3)[C@@H](C(=O)OCC)[C@@H]1c1ccc(OC)cc1. The fourth-order valence-corrected chi connectivity index (χ4v) is 6.31. The molecule has 2 aromatic rings. The van der Waals surface area contributed by atoms with Crippen molar-refractivity contribution >= 4 is 11.9 Å². The number of aryl methyl sites for hydroxylation is 2. The summed E-state index contributed by atoms with van der Waals surface area (Å²) in [6.45, 7) is 9.02. The van der Waals surface area contributed by atoms with Crippen LogP contribution in [-0.2, 0) is 27.2 Å². The van der Waals surface area contributed by atoms with Crippen molar-refractivity contribution in [1.29, 1.82) is 0 Å². The summed E-state index contributed by atoms with van der Waals surface area (Å²) < 4.78 is 11.1. The monoisotopic (exact) mass is 534 g/mol. The number of benzene rings is 2. The molecule has 2 aromatic carbocycles. The van der Waals surface area contributed by atoms with Crippen LogP contribution in [-0.4, -0.2) is 61.6 Å². The van der Waals surface area contributed by atoms with Gasteiger partial charge >= 0.3 is 5.97 Å². The summed E-state index contributed by atoms with van der Waals surface area (Å²) in [6, 6.07) is 14.4. The molecule has 0 aromatic heterocycles. The van der Waals surface area contributed by atoms with E-state index in [0.29, 0.717) is 19.7 Å². The largest absolute Gasteiger partial charge is 0.497 e. The molecule has 1 aliphatic carbocycles. The second kappa shape index (κ2) is 14.0. The van der Waals surface area contributed by atoms with Gasteiger partial charge in [-0.2, -0.15) is 0 Å². The molecule has 1 fully saturated rings. The Bertz CT molecular complexity index is 1090. The van der Waals surface area contributed by atoms with E-state index in [1.165, 1.54) is 23.1 Å². The lowest BCUT2D eigenvalue weighted by molar-refractivity contribution is -0.150. The molecule has 1 saturated heterocycles. The van der Waals surface area contributed by atoms with Crippen LogP contribution < -0.4 is 4.74 Å². The molecule has 6 nitrogen and oxygen atoms in total. The molecule has 1 amide bonds. The Balaban J connectivity index is 1.71. The molecule has 212 valence electrons. The van der Waals surface area contributed by atoms with E-state index in [1.54, 1.807) is 7.11 Å². The molecule has 0 bridgehead atoms. The van der Waals surface area contributed by atoms with Gasteiger partial charge in [-0.15, -0.1) is 0 Å². The zero-order chi connectivity index (χ0) is 27.8. The molecule has 2 aliphatic rings. The molecule has 0 N–H and O–H groups in total. The standard InChI is InChI=1S/C33H46N2O4/c1-5-8-19-34(20-9-6-2)30(36)23-35-22-29(27-14-13-24-11-10-12-26(24)21-27)31(33(37)39-7-3)32(35)25-15-17-28(38-4)18-16-25/h13-18,21,29,31-32H,5-12,19-20,22-23H2,1-4H3/t29-,31-,32+/m1/s1. The minimum absolute atomic E-state index is 0.0467. The highest BCUT2D eigenvalue weighted by Crippen LogP contribution is 2.47. The summed E-state index contributed by atoms with van der Waals surface area (Å²) in [6.07, 6.45) is 7.52. The number of methoxy groups -OCH3 is 1. The number of rotatable bonds is 13. The molecule has 0 saturated carbocycles. The van der Waals surface area contributed by atoms with Crippen LogP contribution in [0.15, 0.2) is 42.5 Å². The minimum atomic E-state index is -0.398. The summed E-state index contributed by atoms with van der Waals surface area (Å²) in [7, 11) is 1.65. The predicted octanol–water partition coefficient (Wildman–Crippen LogP) is 5.93. The highest BCUT2D eigenvalue weighted by molar-refractivity contribution is 5.80. The third-order valence-electron chi connectivity index (χ3n) is 8.42. The molecule has 0 radical (unpaired) electrons. The van der Waals surface area contributed by atoms with Crippen LogP contribution in [0.25, 0.3) is 0 Å². The molecular formula is C33H46N2O4. The third kappa shape index (κ3) is 6.84. The lowest BCUT2D eigenvalue weighted by Gasteiger charge is -2.30. The maximum atomic E-state index is 13.7. The number of amides is 1. The minimum Gasteiger partial charge on any atom is -0.497 e. The summed E-state index contributed by atoms with van der Waals surface area (Å²) >= 11 is 0. The number of likely N-dealkylation sites (tertiary alicyclic amines) is 1. The summed E-state index contributed by atoms with van der Waals surface area (Å²) in [5.74, 6) is 0.285. The van der Waals surface area contributed by atoms with Crippen molar-refractivity contribution in [3.8, 4) is 5.75 Å². The van der Waals surface area contributed by atoms with Gasteiger partial charge < -0.3 is 14.4 Å². The number of esters is 1. The average molecular weight is 535 g/mol. The molecule has 4 rings (SSSR count). The number of carbonyl (C=O) groups is 2. The van der Waals surface area contributed by atoms with Crippen LogP contribution in [0.1, 0.15) is 87.1 Å². The number of unbranched alkanes of at least 4 members (excludes halogenated alkanes) is 2. The second-order valence-electron chi connectivity index (χ2n) is 11.0. The number of hydrogen-bond acceptors (Lipinski definition) is 5. The van der Waals surface area contributed by atoms with Gasteiger partial charge in [-0.3, -0.25) is 14.5 Å². The molecule has 39 heavy (non-hydrogen) atoms. The predicted molar refractivity (Wildman–Crippen MR) is 155 cm³/mol. The van der Waals surface area contributed by atoms with E-state index in [0.717, 1.165) is 62.9 Å². The smallest absolute Gasteiger partial charge is 0.311 e. The number of ether oxygens (including phenoxy) is 2. The average Bonchev–Trinajstić information content (AvgIpc) is 3.57. The highest BCUT2D eigenvalue weighted by atomic mass is 16.5. The van der Waals surface area contributed by atoms with Gasteiger partial charge in [0.1, 0.15) is 5.75 Å². The molecule has 6 heteroatoms. The maximum absolute atomic E-state index is 13.7. The molecule has 0 spiro atoms. The molecule has 1 aliphatic heterocycles. The van der Waals surface area contributed by atoms with E-state index in [4.69, 9.17) is 9.47 Å². The normalized spacial score (nSPS) is 20.6. The van der Waals surface area contributed by atoms with E-state index >= 15 is 0 Å². The fraction of sp³-hybridized carbons (Fsp3) is 0.576. The zero-order valence-electron chi connectivity index (χ0n) is 24.3. The van der Waals surface area contributed by atoms with Crippen molar-refractivity contribution in [3.05, 3.63) is 64.7 Å². The van der Waals surface area contributed by atoms with E-state index in [-0.39, 0.29) is 23.8 Å². The zero-order valence-corrected chi connectivity index (χ0v) is 24.3. The van der Waals surface area contributed by atoms with Crippen molar-refractivity contribution in [1.82, 2.24) is 9.80 Å². The Labute approximate surface area is 234 Å². The van der Waals surface area contributed by atoms with Gasteiger partial charge in [0.25, 0.3) is 0 Å². The quantitative estimate of drug-likeness (QED) is 0.298. The molecule has 1 heterocycles. The Hall–Kier alpha value is -2.86. The topological polar surface area (TPSA) is 59.1 Å². The van der Waals surface area contributed by atoms with E-state index in [9.17, 15) is 9.59 Å². The van der Waals surface area contributed by atoms with Gasteiger partial charge in [-0.1, -0.05) is 57.0 Å². The van der Waals surface area contributed by atoms with Gasteiger partial charge in [0.15, 0.2) is 0 Å². The van der Waals surface area contributed by atoms with Crippen LogP contribution in [0.5, 0.6) is 5.75 Å². The Kier molecular flexibility index (Phi) is 10.4. The Morgan fingerprint density at radius 3 is 2.23 bits per heavy atom. The Morgan fingerprint density at radius 1 is 0.923 bits per heavy atom. The van der Waals surface area contributed by atoms with Gasteiger partial charge in [0.05, 0.1) is 26.2 Å². The molecular weight excluding hydrogens is 488 g/mol. The van der Waals surface area contributed by atoms with Crippen LogP contribution in [0.4, 0.5) is 0 Å². The summed E-state index contributed by atoms with van der Waals surface area (Å²) in [5, 5.41) is 0. The molecule has 0 unspecified atom stereocenters. The van der Waals surface area contributed by atoms with E-state index < -0.39 is 5.92 Å². The number of fused-ring (bicyclic) bond motifs is 1.